The van der Waals surface area contributed by atoms with Gasteiger partial charge in [-0.2, -0.15) is 0 Å². The fraction of sp³-hybridized carbons (Fsp3) is 0.321. The van der Waals surface area contributed by atoms with E-state index in [1.165, 1.54) is 18.3 Å². The number of ether oxygens (including phenoxy) is 4. The van der Waals surface area contributed by atoms with Crippen LogP contribution in [0.25, 0.3) is 0 Å². The molecule has 0 aliphatic carbocycles. The number of hydrogen-bond donors (Lipinski definition) is 0. The van der Waals surface area contributed by atoms with Gasteiger partial charge in [0.05, 0.1) is 19.8 Å². The molecule has 1 fully saturated rings. The molecule has 0 bridgehead atoms. The number of pyridine rings is 1. The Morgan fingerprint density at radius 1 is 1.12 bits per heavy atom. The van der Waals surface area contributed by atoms with Crippen molar-refractivity contribution in [3.8, 4) is 5.75 Å². The van der Waals surface area contributed by atoms with Gasteiger partial charge in [0.25, 0.3) is 5.91 Å². The summed E-state index contributed by atoms with van der Waals surface area (Å²) in [4.78, 5) is 41.1. The van der Waals surface area contributed by atoms with Crippen LogP contribution in [-0.2, 0) is 20.0 Å². The molecule has 12 heteroatoms. The Kier molecular flexibility index (Phi) is 7.11. The number of halogens is 1. The highest BCUT2D eigenvalue weighted by atomic mass is 32.2. The summed E-state index contributed by atoms with van der Waals surface area (Å²) in [5.74, 6) is -0.536. The number of thioether (sulfide) groups is 1. The van der Waals surface area contributed by atoms with Crippen molar-refractivity contribution in [2.24, 2.45) is 0 Å². The van der Waals surface area contributed by atoms with Crippen molar-refractivity contribution < 1.29 is 32.9 Å². The van der Waals surface area contributed by atoms with E-state index >= 15 is 4.39 Å². The van der Waals surface area contributed by atoms with Gasteiger partial charge in [-0.1, -0.05) is 30.3 Å². The minimum Gasteiger partial charge on any atom is -0.451 e. The molecule has 10 nitrogen and oxygen atoms in total. The van der Waals surface area contributed by atoms with E-state index in [1.54, 1.807) is 34.3 Å². The molecule has 1 amide bonds. The van der Waals surface area contributed by atoms with Gasteiger partial charge in [-0.15, -0.1) is 11.8 Å². The SMILES string of the molecule is CCOC(=O)OCOc1c2n(ccc1=O)N([C@@H]1c3ccccc3SCc3cccc(F)c31)[C@@H]1COCCN1C2=O. The van der Waals surface area contributed by atoms with Crippen LogP contribution in [0, 0.1) is 5.82 Å². The molecule has 1 aromatic heterocycles. The summed E-state index contributed by atoms with van der Waals surface area (Å²) in [6.07, 6.45) is -0.0800. The average Bonchev–Trinajstić information content (AvgIpc) is 3.13. The quantitative estimate of drug-likeness (QED) is 0.338. The van der Waals surface area contributed by atoms with Crippen LogP contribution in [0.5, 0.6) is 5.75 Å². The monoisotopic (exact) mass is 567 g/mol. The Labute approximate surface area is 233 Å². The first-order valence-electron chi connectivity index (χ1n) is 12.8. The number of fused-ring (bicyclic) bond motifs is 4. The molecule has 3 aromatic rings. The first-order valence-corrected chi connectivity index (χ1v) is 13.8. The van der Waals surface area contributed by atoms with Gasteiger partial charge in [0.2, 0.25) is 18.0 Å². The first kappa shape index (κ1) is 26.2. The number of carbonyl (C=O) groups excluding carboxylic acids is 2. The van der Waals surface area contributed by atoms with E-state index in [2.05, 4.69) is 0 Å². The van der Waals surface area contributed by atoms with Crippen molar-refractivity contribution >= 4 is 23.8 Å². The highest BCUT2D eigenvalue weighted by Gasteiger charge is 2.46. The van der Waals surface area contributed by atoms with E-state index in [0.29, 0.717) is 17.9 Å². The van der Waals surface area contributed by atoms with Crippen LogP contribution >= 0.6 is 11.8 Å². The lowest BCUT2D eigenvalue weighted by molar-refractivity contribution is -0.0212. The molecule has 2 aromatic carbocycles. The standard InChI is InChI=1S/C28H26FN3O7S/c1-2-37-28(35)39-16-38-26-20(33)10-11-31-25(26)27(34)30-12-13-36-14-22(30)32(31)24-18-7-3-4-9-21(18)40-15-17-6-5-8-19(29)23(17)24/h3-11,22,24H,2,12-16H2,1H3/t22-,24-/m1/s1. The number of aromatic nitrogens is 1. The molecule has 2 atom stereocenters. The topological polar surface area (TPSA) is 99.5 Å². The molecule has 0 spiro atoms. The van der Waals surface area contributed by atoms with Gasteiger partial charge in [0.15, 0.2) is 5.69 Å². The summed E-state index contributed by atoms with van der Waals surface area (Å²) in [5, 5.41) is 1.88. The van der Waals surface area contributed by atoms with Gasteiger partial charge < -0.3 is 23.8 Å². The summed E-state index contributed by atoms with van der Waals surface area (Å²) < 4.78 is 38.4. The second-order valence-electron chi connectivity index (χ2n) is 9.27. The molecule has 40 heavy (non-hydrogen) atoms. The fourth-order valence-corrected chi connectivity index (χ4v) is 6.48. The lowest BCUT2D eigenvalue weighted by Gasteiger charge is -2.51. The molecule has 3 aliphatic rings. The number of carbonyl (C=O) groups is 2. The molecular weight excluding hydrogens is 541 g/mol. The Balaban J connectivity index is 1.54. The molecule has 0 saturated carbocycles. The maximum atomic E-state index is 15.8. The van der Waals surface area contributed by atoms with Crippen LogP contribution in [-0.4, -0.2) is 61.0 Å². The smallest absolute Gasteiger partial charge is 0.451 e. The summed E-state index contributed by atoms with van der Waals surface area (Å²) in [7, 11) is 0. The molecule has 208 valence electrons. The van der Waals surface area contributed by atoms with Gasteiger partial charge >= 0.3 is 6.16 Å². The molecular formula is C28H26FN3O7S. The minimum absolute atomic E-state index is 0.0506. The first-order chi connectivity index (χ1) is 19.5. The normalized spacial score (nSPS) is 19.5. The van der Waals surface area contributed by atoms with E-state index in [1.807, 2.05) is 35.3 Å². The highest BCUT2D eigenvalue weighted by Crippen LogP contribution is 2.45. The maximum absolute atomic E-state index is 15.8. The van der Waals surface area contributed by atoms with Crippen LogP contribution < -0.4 is 15.2 Å². The minimum atomic E-state index is -0.965. The predicted octanol–water partition coefficient (Wildman–Crippen LogP) is 3.64. The zero-order valence-corrected chi connectivity index (χ0v) is 22.4. The van der Waals surface area contributed by atoms with Crippen LogP contribution in [0.2, 0.25) is 0 Å². The van der Waals surface area contributed by atoms with E-state index in [-0.39, 0.29) is 37.0 Å². The van der Waals surface area contributed by atoms with Gasteiger partial charge in [-0.05, 0) is 30.2 Å². The number of hydrogen-bond acceptors (Lipinski definition) is 9. The third-order valence-electron chi connectivity index (χ3n) is 7.08. The second-order valence-corrected chi connectivity index (χ2v) is 10.3. The highest BCUT2D eigenvalue weighted by molar-refractivity contribution is 7.98. The molecule has 0 radical (unpaired) electrons. The predicted molar refractivity (Wildman–Crippen MR) is 142 cm³/mol. The van der Waals surface area contributed by atoms with Gasteiger partial charge in [-0.25, -0.2) is 9.18 Å². The Morgan fingerprint density at radius 2 is 1.98 bits per heavy atom. The van der Waals surface area contributed by atoms with E-state index < -0.39 is 36.5 Å². The van der Waals surface area contributed by atoms with Crippen molar-refractivity contribution in [3.63, 3.8) is 0 Å². The largest absolute Gasteiger partial charge is 0.511 e. The van der Waals surface area contributed by atoms with Gasteiger partial charge in [-0.3, -0.25) is 19.3 Å². The van der Waals surface area contributed by atoms with Crippen LogP contribution in [0.1, 0.15) is 40.1 Å². The molecule has 6 rings (SSSR count). The van der Waals surface area contributed by atoms with E-state index in [9.17, 15) is 14.4 Å². The zero-order chi connectivity index (χ0) is 27.8. The molecule has 4 heterocycles. The summed E-state index contributed by atoms with van der Waals surface area (Å²) >= 11 is 1.61. The van der Waals surface area contributed by atoms with Crippen LogP contribution in [0.4, 0.5) is 9.18 Å². The van der Waals surface area contributed by atoms with Crippen molar-refractivity contribution in [1.82, 2.24) is 9.58 Å². The Bertz CT molecular complexity index is 1530. The third-order valence-corrected chi connectivity index (χ3v) is 8.21. The van der Waals surface area contributed by atoms with Gasteiger partial charge in [0, 0.05) is 35.0 Å². The summed E-state index contributed by atoms with van der Waals surface area (Å²) in [6.45, 7) is 1.83. The number of amides is 1. The average molecular weight is 568 g/mol. The Hall–Kier alpha value is -4.03. The second kappa shape index (κ2) is 10.9. The van der Waals surface area contributed by atoms with E-state index in [0.717, 1.165) is 16.0 Å². The number of benzene rings is 2. The van der Waals surface area contributed by atoms with E-state index in [4.69, 9.17) is 18.9 Å². The summed E-state index contributed by atoms with van der Waals surface area (Å²) in [5.41, 5.74) is 1.55. The lowest BCUT2D eigenvalue weighted by atomic mass is 9.93. The molecule has 3 aliphatic heterocycles. The fourth-order valence-electron chi connectivity index (χ4n) is 5.39. The van der Waals surface area contributed by atoms with Gasteiger partial charge in [0.1, 0.15) is 18.0 Å². The lowest BCUT2D eigenvalue weighted by Crippen LogP contribution is -2.66. The zero-order valence-electron chi connectivity index (χ0n) is 21.6. The Morgan fingerprint density at radius 3 is 2.83 bits per heavy atom. The molecule has 0 N–H and O–H groups in total. The molecule has 0 unspecified atom stereocenters. The summed E-state index contributed by atoms with van der Waals surface area (Å²) in [6, 6.07) is 13.4. The number of morpholine rings is 1. The maximum Gasteiger partial charge on any atom is 0.511 e. The van der Waals surface area contributed by atoms with Crippen molar-refractivity contribution in [1.29, 1.82) is 0 Å². The number of nitrogens with zero attached hydrogens (tertiary/aromatic N) is 3. The number of rotatable bonds is 5. The van der Waals surface area contributed by atoms with Crippen molar-refractivity contribution in [2.45, 2.75) is 29.8 Å². The molecule has 1 saturated heterocycles. The van der Waals surface area contributed by atoms with Crippen molar-refractivity contribution in [3.05, 3.63) is 93.2 Å². The van der Waals surface area contributed by atoms with Crippen LogP contribution in [0.3, 0.4) is 0 Å². The van der Waals surface area contributed by atoms with Crippen LogP contribution in [0.15, 0.2) is 64.4 Å². The third kappa shape index (κ3) is 4.46. The van der Waals surface area contributed by atoms with Crippen molar-refractivity contribution in [2.75, 3.05) is 38.2 Å².